The number of hydrogen-bond donors (Lipinski definition) is 1. The summed E-state index contributed by atoms with van der Waals surface area (Å²) in [6, 6.07) is 7.06. The maximum Gasteiger partial charge on any atom is 0.328 e. The van der Waals surface area contributed by atoms with Gasteiger partial charge in [-0.1, -0.05) is 24.3 Å². The molecule has 0 radical (unpaired) electrons. The number of methoxy groups -OCH3 is 1. The standard InChI is InChI=1S/C14H14N2O3S/c1-19-14(18)12(16-9-17)8-10-2-4-11(5-3-10)13-15-6-7-20-13/h2-7,9,12H,8H2,1H3,(H,16,17). The fraction of sp³-hybridized carbons (Fsp3) is 0.214. The average molecular weight is 290 g/mol. The number of thiazole rings is 1. The lowest BCUT2D eigenvalue weighted by Crippen LogP contribution is -2.38. The van der Waals surface area contributed by atoms with Crippen molar-refractivity contribution in [2.24, 2.45) is 0 Å². The van der Waals surface area contributed by atoms with Gasteiger partial charge in [0.2, 0.25) is 6.41 Å². The van der Waals surface area contributed by atoms with Gasteiger partial charge in [-0.15, -0.1) is 11.3 Å². The van der Waals surface area contributed by atoms with Gasteiger partial charge in [0.05, 0.1) is 7.11 Å². The quantitative estimate of drug-likeness (QED) is 0.648. The molecule has 0 bridgehead atoms. The predicted octanol–water partition coefficient (Wildman–Crippen LogP) is 1.64. The van der Waals surface area contributed by atoms with Gasteiger partial charge in [-0.25, -0.2) is 9.78 Å². The van der Waals surface area contributed by atoms with Crippen molar-refractivity contribution in [3.05, 3.63) is 41.4 Å². The number of carbonyl (C=O) groups is 2. The third kappa shape index (κ3) is 3.42. The molecule has 2 rings (SSSR count). The summed E-state index contributed by atoms with van der Waals surface area (Å²) >= 11 is 1.57. The number of esters is 1. The molecule has 6 heteroatoms. The molecule has 1 atom stereocenters. The van der Waals surface area contributed by atoms with Gasteiger partial charge in [-0.05, 0) is 5.56 Å². The van der Waals surface area contributed by atoms with E-state index in [2.05, 4.69) is 15.0 Å². The zero-order valence-corrected chi connectivity index (χ0v) is 11.7. The number of ether oxygens (including phenoxy) is 1. The monoisotopic (exact) mass is 290 g/mol. The Morgan fingerprint density at radius 3 is 2.75 bits per heavy atom. The predicted molar refractivity (Wildman–Crippen MR) is 76.3 cm³/mol. The van der Waals surface area contributed by atoms with Gasteiger partial charge in [0.15, 0.2) is 0 Å². The molecule has 0 saturated carbocycles. The summed E-state index contributed by atoms with van der Waals surface area (Å²) in [5.74, 6) is -0.457. The van der Waals surface area contributed by atoms with Crippen molar-refractivity contribution in [1.29, 1.82) is 0 Å². The molecule has 1 amide bonds. The highest BCUT2D eigenvalue weighted by Crippen LogP contribution is 2.22. The second-order valence-corrected chi connectivity index (χ2v) is 4.99. The summed E-state index contributed by atoms with van der Waals surface area (Å²) in [5, 5.41) is 5.33. The molecule has 0 aliphatic heterocycles. The van der Waals surface area contributed by atoms with E-state index >= 15 is 0 Å². The highest BCUT2D eigenvalue weighted by Gasteiger charge is 2.18. The van der Waals surface area contributed by atoms with Crippen LogP contribution in [0.15, 0.2) is 35.8 Å². The van der Waals surface area contributed by atoms with Crippen LogP contribution in [0.3, 0.4) is 0 Å². The molecule has 0 saturated heterocycles. The van der Waals surface area contributed by atoms with E-state index in [4.69, 9.17) is 0 Å². The molecular formula is C14H14N2O3S. The van der Waals surface area contributed by atoms with E-state index in [9.17, 15) is 9.59 Å². The summed E-state index contributed by atoms with van der Waals surface area (Å²) < 4.78 is 4.65. The molecule has 1 aromatic heterocycles. The second kappa shape index (κ2) is 6.81. The Labute approximate surface area is 120 Å². The van der Waals surface area contributed by atoms with E-state index in [1.165, 1.54) is 7.11 Å². The van der Waals surface area contributed by atoms with Gasteiger partial charge >= 0.3 is 5.97 Å². The van der Waals surface area contributed by atoms with E-state index in [-0.39, 0.29) is 0 Å². The fourth-order valence-electron chi connectivity index (χ4n) is 1.82. The van der Waals surface area contributed by atoms with Crippen LogP contribution >= 0.6 is 11.3 Å². The van der Waals surface area contributed by atoms with Crippen LogP contribution in [0.25, 0.3) is 10.6 Å². The van der Waals surface area contributed by atoms with Gasteiger partial charge in [0.1, 0.15) is 11.0 Å². The van der Waals surface area contributed by atoms with Crippen LogP contribution < -0.4 is 5.32 Å². The molecule has 0 aliphatic carbocycles. The number of nitrogens with zero attached hydrogens (tertiary/aromatic N) is 1. The number of benzene rings is 1. The summed E-state index contributed by atoms with van der Waals surface area (Å²) in [4.78, 5) is 26.3. The Balaban J connectivity index is 2.09. The van der Waals surface area contributed by atoms with Crippen molar-refractivity contribution in [3.8, 4) is 10.6 Å². The summed E-state index contributed by atoms with van der Waals surface area (Å²) in [5.41, 5.74) is 1.97. The molecule has 1 N–H and O–H groups in total. The molecule has 20 heavy (non-hydrogen) atoms. The van der Waals surface area contributed by atoms with Crippen LogP contribution in [0.2, 0.25) is 0 Å². The summed E-state index contributed by atoms with van der Waals surface area (Å²) in [7, 11) is 1.30. The lowest BCUT2D eigenvalue weighted by Gasteiger charge is -2.13. The Kier molecular flexibility index (Phi) is 4.84. The molecule has 1 aromatic carbocycles. The third-order valence-corrected chi connectivity index (χ3v) is 3.65. The SMILES string of the molecule is COC(=O)C(Cc1ccc(-c2nccs2)cc1)NC=O. The van der Waals surface area contributed by atoms with Crippen molar-refractivity contribution >= 4 is 23.7 Å². The number of nitrogens with one attached hydrogen (secondary N) is 1. The van der Waals surface area contributed by atoms with Gasteiger partial charge in [0.25, 0.3) is 0 Å². The topological polar surface area (TPSA) is 68.3 Å². The lowest BCUT2D eigenvalue weighted by molar-refractivity contribution is -0.144. The minimum atomic E-state index is -0.664. The van der Waals surface area contributed by atoms with Gasteiger partial charge in [-0.3, -0.25) is 4.79 Å². The van der Waals surface area contributed by atoms with Crippen molar-refractivity contribution in [2.75, 3.05) is 7.11 Å². The van der Waals surface area contributed by atoms with Crippen molar-refractivity contribution in [1.82, 2.24) is 10.3 Å². The van der Waals surface area contributed by atoms with E-state index in [1.54, 1.807) is 17.5 Å². The molecule has 104 valence electrons. The highest BCUT2D eigenvalue weighted by molar-refractivity contribution is 7.13. The molecular weight excluding hydrogens is 276 g/mol. The minimum absolute atomic E-state index is 0.392. The highest BCUT2D eigenvalue weighted by atomic mass is 32.1. The van der Waals surface area contributed by atoms with E-state index < -0.39 is 12.0 Å². The van der Waals surface area contributed by atoms with Crippen LogP contribution in [0.1, 0.15) is 5.56 Å². The molecule has 2 aromatic rings. The summed E-state index contributed by atoms with van der Waals surface area (Å²) in [6.45, 7) is 0. The Morgan fingerprint density at radius 1 is 1.45 bits per heavy atom. The van der Waals surface area contributed by atoms with Gasteiger partial charge in [0, 0.05) is 23.6 Å². The zero-order chi connectivity index (χ0) is 14.4. The van der Waals surface area contributed by atoms with Crippen LogP contribution in [-0.4, -0.2) is 30.5 Å². The van der Waals surface area contributed by atoms with Crippen molar-refractivity contribution in [2.45, 2.75) is 12.5 Å². The first kappa shape index (κ1) is 14.2. The molecule has 0 spiro atoms. The maximum absolute atomic E-state index is 11.5. The van der Waals surface area contributed by atoms with Gasteiger partial charge < -0.3 is 10.1 Å². The first-order valence-electron chi connectivity index (χ1n) is 6.01. The zero-order valence-electron chi connectivity index (χ0n) is 10.9. The smallest absolute Gasteiger partial charge is 0.328 e. The molecule has 0 fully saturated rings. The number of hydrogen-bond acceptors (Lipinski definition) is 5. The number of carbonyl (C=O) groups excluding carboxylic acids is 2. The largest absolute Gasteiger partial charge is 0.467 e. The van der Waals surface area contributed by atoms with Crippen LogP contribution in [0.4, 0.5) is 0 Å². The maximum atomic E-state index is 11.5. The third-order valence-electron chi connectivity index (χ3n) is 2.83. The lowest BCUT2D eigenvalue weighted by atomic mass is 10.0. The Hall–Kier alpha value is -2.21. The van der Waals surface area contributed by atoms with Crippen molar-refractivity contribution in [3.63, 3.8) is 0 Å². The van der Waals surface area contributed by atoms with Crippen molar-refractivity contribution < 1.29 is 14.3 Å². The van der Waals surface area contributed by atoms with Crippen LogP contribution in [-0.2, 0) is 20.7 Å². The first-order chi connectivity index (χ1) is 9.74. The Bertz CT molecular complexity index is 567. The Morgan fingerprint density at radius 2 is 2.20 bits per heavy atom. The number of amides is 1. The number of aromatic nitrogens is 1. The average Bonchev–Trinajstić information content (AvgIpc) is 3.01. The summed E-state index contributed by atoms with van der Waals surface area (Å²) in [6.07, 6.45) is 2.66. The van der Waals surface area contributed by atoms with E-state index in [0.29, 0.717) is 12.8 Å². The minimum Gasteiger partial charge on any atom is -0.467 e. The van der Waals surface area contributed by atoms with E-state index in [0.717, 1.165) is 16.1 Å². The van der Waals surface area contributed by atoms with Crippen LogP contribution in [0, 0.1) is 0 Å². The fourth-order valence-corrected chi connectivity index (χ4v) is 2.46. The molecule has 1 unspecified atom stereocenters. The number of rotatable bonds is 6. The second-order valence-electron chi connectivity index (χ2n) is 4.10. The van der Waals surface area contributed by atoms with E-state index in [1.807, 2.05) is 29.6 Å². The van der Waals surface area contributed by atoms with Gasteiger partial charge in [-0.2, -0.15) is 0 Å². The first-order valence-corrected chi connectivity index (χ1v) is 6.89. The van der Waals surface area contributed by atoms with Crippen LogP contribution in [0.5, 0.6) is 0 Å². The normalized spacial score (nSPS) is 11.7. The molecule has 0 aliphatic rings. The molecule has 5 nitrogen and oxygen atoms in total. The molecule has 1 heterocycles.